The van der Waals surface area contributed by atoms with Crippen LogP contribution < -0.4 is 0 Å². The zero-order chi connectivity index (χ0) is 12.4. The van der Waals surface area contributed by atoms with Crippen molar-refractivity contribution < 1.29 is 9.90 Å². The van der Waals surface area contributed by atoms with Gasteiger partial charge >= 0.3 is 5.97 Å². The van der Waals surface area contributed by atoms with E-state index in [1.807, 2.05) is 44.2 Å². The monoisotopic (exact) mass is 230 g/mol. The van der Waals surface area contributed by atoms with Crippen LogP contribution in [0.4, 0.5) is 0 Å². The van der Waals surface area contributed by atoms with Crippen LogP contribution in [0.25, 0.3) is 11.1 Å². The predicted molar refractivity (Wildman–Crippen MR) is 65.0 cm³/mol. The van der Waals surface area contributed by atoms with Crippen molar-refractivity contribution in [2.75, 3.05) is 0 Å². The molecule has 0 aliphatic heterocycles. The zero-order valence-corrected chi connectivity index (χ0v) is 9.84. The number of benzene rings is 1. The first kappa shape index (κ1) is 11.4. The molecule has 0 unspecified atom stereocenters. The summed E-state index contributed by atoms with van der Waals surface area (Å²) in [6, 6.07) is 9.49. The van der Waals surface area contributed by atoms with Crippen LogP contribution in [0.3, 0.4) is 0 Å². The summed E-state index contributed by atoms with van der Waals surface area (Å²) in [5.74, 6) is -0.987. The predicted octanol–water partition coefficient (Wildman–Crippen LogP) is 2.58. The number of aromatic carboxylic acids is 1. The number of hydrogen-bond acceptors (Lipinski definition) is 2. The normalized spacial score (nSPS) is 10.5. The lowest BCUT2D eigenvalue weighted by atomic mass is 10.0. The van der Waals surface area contributed by atoms with Crippen molar-refractivity contribution in [1.82, 2.24) is 9.78 Å². The van der Waals surface area contributed by atoms with Crippen molar-refractivity contribution >= 4 is 5.97 Å². The van der Waals surface area contributed by atoms with Crippen LogP contribution in [0.2, 0.25) is 0 Å². The van der Waals surface area contributed by atoms with Gasteiger partial charge in [0.2, 0.25) is 0 Å². The van der Waals surface area contributed by atoms with Crippen LogP contribution in [0, 0.1) is 6.92 Å². The van der Waals surface area contributed by atoms with Gasteiger partial charge in [-0.05, 0) is 19.4 Å². The van der Waals surface area contributed by atoms with Gasteiger partial charge in [0, 0.05) is 17.8 Å². The smallest absolute Gasteiger partial charge is 0.357 e. The number of aryl methyl sites for hydroxylation is 1. The van der Waals surface area contributed by atoms with Crippen LogP contribution in [-0.2, 0) is 6.54 Å². The lowest BCUT2D eigenvalue weighted by Crippen LogP contribution is -2.02. The van der Waals surface area contributed by atoms with Gasteiger partial charge in [0.1, 0.15) is 0 Å². The zero-order valence-electron chi connectivity index (χ0n) is 9.84. The second-order valence-electron chi connectivity index (χ2n) is 3.80. The Labute approximate surface area is 99.5 Å². The fraction of sp³-hybridized carbons (Fsp3) is 0.231. The number of carboxylic acid groups (broad SMARTS) is 1. The summed E-state index contributed by atoms with van der Waals surface area (Å²) in [4.78, 5) is 11.2. The van der Waals surface area contributed by atoms with E-state index in [2.05, 4.69) is 5.10 Å². The average molecular weight is 230 g/mol. The van der Waals surface area contributed by atoms with Gasteiger partial charge in [0.15, 0.2) is 5.69 Å². The summed E-state index contributed by atoms with van der Waals surface area (Å²) < 4.78 is 1.71. The first-order chi connectivity index (χ1) is 8.15. The number of aromatic nitrogens is 2. The molecule has 88 valence electrons. The number of rotatable bonds is 3. The highest BCUT2D eigenvalue weighted by atomic mass is 16.4. The molecule has 17 heavy (non-hydrogen) atoms. The maximum absolute atomic E-state index is 11.2. The molecule has 4 nitrogen and oxygen atoms in total. The first-order valence-corrected chi connectivity index (χ1v) is 5.51. The van der Waals surface area contributed by atoms with Gasteiger partial charge in [-0.3, -0.25) is 4.68 Å². The minimum atomic E-state index is -0.987. The van der Waals surface area contributed by atoms with Gasteiger partial charge in [-0.25, -0.2) is 4.79 Å². The standard InChI is InChI=1S/C13H14N2O2/c1-3-15-9(2)11(12(14-15)13(16)17)10-7-5-4-6-8-10/h4-8H,3H2,1-2H3,(H,16,17). The average Bonchev–Trinajstić information content (AvgIpc) is 2.67. The molecular weight excluding hydrogens is 216 g/mol. The number of carboxylic acids is 1. The van der Waals surface area contributed by atoms with E-state index in [0.717, 1.165) is 11.3 Å². The molecule has 1 aromatic carbocycles. The molecule has 0 bridgehead atoms. The number of hydrogen-bond donors (Lipinski definition) is 1. The molecule has 2 rings (SSSR count). The largest absolute Gasteiger partial charge is 0.476 e. The van der Waals surface area contributed by atoms with Crippen molar-refractivity contribution in [2.45, 2.75) is 20.4 Å². The summed E-state index contributed by atoms with van der Waals surface area (Å²) in [7, 11) is 0. The highest BCUT2D eigenvalue weighted by molar-refractivity contribution is 5.94. The van der Waals surface area contributed by atoms with Crippen molar-refractivity contribution in [3.8, 4) is 11.1 Å². The minimum absolute atomic E-state index is 0.121. The maximum Gasteiger partial charge on any atom is 0.357 e. The molecule has 0 spiro atoms. The summed E-state index contributed by atoms with van der Waals surface area (Å²) in [5.41, 5.74) is 2.61. The van der Waals surface area contributed by atoms with Crippen molar-refractivity contribution in [1.29, 1.82) is 0 Å². The van der Waals surface area contributed by atoms with Gasteiger partial charge in [-0.15, -0.1) is 0 Å². The molecule has 1 aromatic heterocycles. The molecule has 4 heteroatoms. The van der Waals surface area contributed by atoms with E-state index in [9.17, 15) is 9.90 Å². The number of carbonyl (C=O) groups is 1. The summed E-state index contributed by atoms with van der Waals surface area (Å²) in [6.07, 6.45) is 0. The fourth-order valence-corrected chi connectivity index (χ4v) is 1.95. The lowest BCUT2D eigenvalue weighted by Gasteiger charge is -2.02. The topological polar surface area (TPSA) is 55.1 Å². The molecule has 0 saturated carbocycles. The van der Waals surface area contributed by atoms with E-state index in [1.54, 1.807) is 4.68 Å². The van der Waals surface area contributed by atoms with Gasteiger partial charge in [-0.2, -0.15) is 5.10 Å². The third kappa shape index (κ3) is 1.93. The molecule has 0 fully saturated rings. The maximum atomic E-state index is 11.2. The molecule has 0 radical (unpaired) electrons. The minimum Gasteiger partial charge on any atom is -0.476 e. The molecule has 0 aliphatic rings. The van der Waals surface area contributed by atoms with E-state index in [4.69, 9.17) is 0 Å². The Morgan fingerprint density at radius 2 is 2.00 bits per heavy atom. The second kappa shape index (κ2) is 4.41. The van der Waals surface area contributed by atoms with Crippen molar-refractivity contribution in [2.24, 2.45) is 0 Å². The summed E-state index contributed by atoms with van der Waals surface area (Å²) in [5, 5.41) is 13.3. The molecular formula is C13H14N2O2. The van der Waals surface area contributed by atoms with Crippen LogP contribution in [0.5, 0.6) is 0 Å². The van der Waals surface area contributed by atoms with Crippen molar-refractivity contribution in [3.63, 3.8) is 0 Å². The molecule has 2 aromatic rings. The Balaban J connectivity index is 2.67. The molecule has 0 saturated heterocycles. The van der Waals surface area contributed by atoms with Gasteiger partial charge in [-0.1, -0.05) is 30.3 Å². The molecule has 0 amide bonds. The number of nitrogens with zero attached hydrogens (tertiary/aromatic N) is 2. The lowest BCUT2D eigenvalue weighted by molar-refractivity contribution is 0.0690. The van der Waals surface area contributed by atoms with Crippen LogP contribution in [-0.4, -0.2) is 20.9 Å². The molecule has 1 N–H and O–H groups in total. The van der Waals surface area contributed by atoms with Gasteiger partial charge in [0.25, 0.3) is 0 Å². The third-order valence-corrected chi connectivity index (χ3v) is 2.77. The molecule has 0 aliphatic carbocycles. The van der Waals surface area contributed by atoms with E-state index < -0.39 is 5.97 Å². The Morgan fingerprint density at radius 1 is 1.35 bits per heavy atom. The van der Waals surface area contributed by atoms with Crippen LogP contribution >= 0.6 is 0 Å². The van der Waals surface area contributed by atoms with E-state index in [1.165, 1.54) is 0 Å². The van der Waals surface area contributed by atoms with E-state index >= 15 is 0 Å². The highest BCUT2D eigenvalue weighted by Gasteiger charge is 2.20. The Kier molecular flexibility index (Phi) is 2.95. The SMILES string of the molecule is CCn1nc(C(=O)O)c(-c2ccccc2)c1C. The second-order valence-corrected chi connectivity index (χ2v) is 3.80. The van der Waals surface area contributed by atoms with E-state index in [0.29, 0.717) is 12.1 Å². The van der Waals surface area contributed by atoms with Crippen LogP contribution in [0.1, 0.15) is 23.1 Å². The third-order valence-electron chi connectivity index (χ3n) is 2.77. The van der Waals surface area contributed by atoms with Crippen LogP contribution in [0.15, 0.2) is 30.3 Å². The summed E-state index contributed by atoms with van der Waals surface area (Å²) in [6.45, 7) is 4.50. The molecule has 1 heterocycles. The molecule has 0 atom stereocenters. The quantitative estimate of drug-likeness (QED) is 0.881. The Bertz CT molecular complexity index is 544. The summed E-state index contributed by atoms with van der Waals surface area (Å²) >= 11 is 0. The van der Waals surface area contributed by atoms with Gasteiger partial charge < -0.3 is 5.11 Å². The first-order valence-electron chi connectivity index (χ1n) is 5.51. The Morgan fingerprint density at radius 3 is 2.53 bits per heavy atom. The highest BCUT2D eigenvalue weighted by Crippen LogP contribution is 2.27. The van der Waals surface area contributed by atoms with E-state index in [-0.39, 0.29) is 5.69 Å². The van der Waals surface area contributed by atoms with Gasteiger partial charge in [0.05, 0.1) is 0 Å². The fourth-order valence-electron chi connectivity index (χ4n) is 1.95. The van der Waals surface area contributed by atoms with Crippen molar-refractivity contribution in [3.05, 3.63) is 41.7 Å². The Hall–Kier alpha value is -2.10.